The summed E-state index contributed by atoms with van der Waals surface area (Å²) in [5.41, 5.74) is 1.88. The van der Waals surface area contributed by atoms with Gasteiger partial charge in [0.2, 0.25) is 0 Å². The molecule has 0 saturated heterocycles. The highest BCUT2D eigenvalue weighted by Gasteiger charge is 2.10. The number of hydrogen-bond acceptors (Lipinski definition) is 1. The maximum atomic E-state index is 6.17. The number of hydrogen-bond donors (Lipinski definition) is 0. The predicted octanol–water partition coefficient (Wildman–Crippen LogP) is 7.29. The molecule has 0 aliphatic rings. The Bertz CT molecular complexity index is 1590. The Balaban J connectivity index is 1.57. The second-order valence-corrected chi connectivity index (χ2v) is 7.29. The van der Waals surface area contributed by atoms with Gasteiger partial charge < -0.3 is 4.42 Å². The minimum Gasteiger partial charge on any atom is -0.447 e. The van der Waals surface area contributed by atoms with E-state index in [1.807, 2.05) is 36.4 Å². The SMILES string of the molecule is C(#Cc1cc2ccc3c4cc5ccccc5cc4ccc3c2o1)c1ccccc1. The van der Waals surface area contributed by atoms with Crippen LogP contribution in [0, 0.1) is 11.8 Å². The van der Waals surface area contributed by atoms with Gasteiger partial charge in [0, 0.05) is 22.4 Å². The van der Waals surface area contributed by atoms with Crippen molar-refractivity contribution in [3.8, 4) is 11.8 Å². The van der Waals surface area contributed by atoms with Gasteiger partial charge in [-0.2, -0.15) is 0 Å². The molecule has 6 rings (SSSR count). The fourth-order valence-electron chi connectivity index (χ4n) is 4.04. The lowest BCUT2D eigenvalue weighted by atomic mass is 9.97. The standard InChI is InChI=1S/C28H16O/c1-2-6-19(7-3-1)10-13-24-17-23-12-14-25-26(28(23)29-24)15-11-22-16-20-8-4-5-9-21(20)18-27(22)25/h1-9,11-12,14-18H. The van der Waals surface area contributed by atoms with E-state index in [9.17, 15) is 0 Å². The molecule has 1 heterocycles. The Kier molecular flexibility index (Phi) is 3.45. The molecule has 0 saturated carbocycles. The predicted molar refractivity (Wildman–Crippen MR) is 121 cm³/mol. The lowest BCUT2D eigenvalue weighted by Gasteiger charge is -2.07. The van der Waals surface area contributed by atoms with Crippen LogP contribution in [0.25, 0.3) is 43.3 Å². The van der Waals surface area contributed by atoms with Gasteiger partial charge in [0.25, 0.3) is 0 Å². The van der Waals surface area contributed by atoms with Crippen molar-refractivity contribution in [2.45, 2.75) is 0 Å². The van der Waals surface area contributed by atoms with Crippen LogP contribution < -0.4 is 0 Å². The van der Waals surface area contributed by atoms with Crippen LogP contribution in [0.4, 0.5) is 0 Å². The van der Waals surface area contributed by atoms with Gasteiger partial charge in [0.05, 0.1) is 0 Å². The van der Waals surface area contributed by atoms with Gasteiger partial charge >= 0.3 is 0 Å². The first-order chi connectivity index (χ1) is 14.3. The molecule has 1 nitrogen and oxygen atoms in total. The first-order valence-electron chi connectivity index (χ1n) is 9.70. The first kappa shape index (κ1) is 16.0. The maximum Gasteiger partial charge on any atom is 0.178 e. The molecule has 0 radical (unpaired) electrons. The third kappa shape index (κ3) is 2.66. The minimum absolute atomic E-state index is 0.690. The van der Waals surface area contributed by atoms with Gasteiger partial charge in [-0.15, -0.1) is 0 Å². The van der Waals surface area contributed by atoms with Gasteiger partial charge in [-0.1, -0.05) is 66.6 Å². The third-order valence-electron chi connectivity index (χ3n) is 5.47. The van der Waals surface area contributed by atoms with Crippen molar-refractivity contribution >= 4 is 43.3 Å². The molecule has 0 fully saturated rings. The van der Waals surface area contributed by atoms with Crippen molar-refractivity contribution in [2.75, 3.05) is 0 Å². The summed E-state index contributed by atoms with van der Waals surface area (Å²) < 4.78 is 6.17. The summed E-state index contributed by atoms with van der Waals surface area (Å²) in [5.74, 6) is 7.03. The van der Waals surface area contributed by atoms with Crippen molar-refractivity contribution in [3.05, 3.63) is 108 Å². The molecule has 5 aromatic carbocycles. The highest BCUT2D eigenvalue weighted by Crippen LogP contribution is 2.34. The molecule has 0 aliphatic carbocycles. The highest BCUT2D eigenvalue weighted by molar-refractivity contribution is 6.18. The average Bonchev–Trinajstić information content (AvgIpc) is 3.20. The fourth-order valence-corrected chi connectivity index (χ4v) is 4.04. The van der Waals surface area contributed by atoms with Crippen molar-refractivity contribution in [1.82, 2.24) is 0 Å². The van der Waals surface area contributed by atoms with E-state index in [-0.39, 0.29) is 0 Å². The molecule has 1 heteroatoms. The molecule has 0 bridgehead atoms. The van der Waals surface area contributed by atoms with Crippen molar-refractivity contribution in [2.24, 2.45) is 0 Å². The topological polar surface area (TPSA) is 13.1 Å². The van der Waals surface area contributed by atoms with Crippen molar-refractivity contribution in [3.63, 3.8) is 0 Å². The Labute approximate surface area is 168 Å². The number of fused-ring (bicyclic) bond motifs is 6. The van der Waals surface area contributed by atoms with Gasteiger partial charge in [-0.3, -0.25) is 0 Å². The van der Waals surface area contributed by atoms with Crippen LogP contribution in [0.5, 0.6) is 0 Å². The van der Waals surface area contributed by atoms with Crippen LogP contribution in [-0.2, 0) is 0 Å². The van der Waals surface area contributed by atoms with Crippen LogP contribution >= 0.6 is 0 Å². The van der Waals surface area contributed by atoms with Gasteiger partial charge in [-0.05, 0) is 63.2 Å². The normalized spacial score (nSPS) is 11.2. The van der Waals surface area contributed by atoms with E-state index in [0.717, 1.165) is 21.9 Å². The number of benzene rings is 5. The molecule has 0 aliphatic heterocycles. The molecule has 29 heavy (non-hydrogen) atoms. The zero-order valence-corrected chi connectivity index (χ0v) is 15.6. The van der Waals surface area contributed by atoms with Crippen LogP contribution in [0.3, 0.4) is 0 Å². The minimum atomic E-state index is 0.690. The van der Waals surface area contributed by atoms with Crippen LogP contribution in [0.1, 0.15) is 11.3 Å². The summed E-state index contributed by atoms with van der Waals surface area (Å²) in [5, 5.41) is 8.41. The quantitative estimate of drug-likeness (QED) is 0.156. The second kappa shape index (κ2) is 6.26. The first-order valence-corrected chi connectivity index (χ1v) is 9.70. The zero-order valence-electron chi connectivity index (χ0n) is 15.6. The maximum absolute atomic E-state index is 6.17. The fraction of sp³-hybridized carbons (Fsp3) is 0. The molecule has 0 atom stereocenters. The van der Waals surface area contributed by atoms with E-state index in [1.165, 1.54) is 26.9 Å². The zero-order chi connectivity index (χ0) is 19.2. The Morgan fingerprint density at radius 3 is 2.07 bits per heavy atom. The molecule has 0 N–H and O–H groups in total. The Morgan fingerprint density at radius 2 is 1.21 bits per heavy atom. The lowest BCUT2D eigenvalue weighted by Crippen LogP contribution is -1.80. The largest absolute Gasteiger partial charge is 0.447 e. The smallest absolute Gasteiger partial charge is 0.178 e. The molecular formula is C28H16O. The monoisotopic (exact) mass is 368 g/mol. The van der Waals surface area contributed by atoms with Crippen molar-refractivity contribution in [1.29, 1.82) is 0 Å². The highest BCUT2D eigenvalue weighted by atomic mass is 16.3. The summed E-state index contributed by atoms with van der Waals surface area (Å²) in [4.78, 5) is 0. The Morgan fingerprint density at radius 1 is 0.483 bits per heavy atom. The molecule has 0 amide bonds. The summed E-state index contributed by atoms with van der Waals surface area (Å²) in [7, 11) is 0. The molecule has 0 spiro atoms. The summed E-state index contributed by atoms with van der Waals surface area (Å²) in [6, 6.07) is 33.7. The van der Waals surface area contributed by atoms with E-state index in [2.05, 4.69) is 72.5 Å². The second-order valence-electron chi connectivity index (χ2n) is 7.29. The Hall–Kier alpha value is -4.02. The van der Waals surface area contributed by atoms with Gasteiger partial charge in [0.1, 0.15) is 5.58 Å². The number of rotatable bonds is 0. The molecule has 1 aromatic heterocycles. The summed E-state index contributed by atoms with van der Waals surface area (Å²) in [6.45, 7) is 0. The third-order valence-corrected chi connectivity index (χ3v) is 5.47. The van der Waals surface area contributed by atoms with E-state index >= 15 is 0 Å². The van der Waals surface area contributed by atoms with Crippen LogP contribution in [0.15, 0.2) is 101 Å². The van der Waals surface area contributed by atoms with Crippen LogP contribution in [0.2, 0.25) is 0 Å². The van der Waals surface area contributed by atoms with Gasteiger partial charge in [0.15, 0.2) is 5.76 Å². The molecule has 134 valence electrons. The van der Waals surface area contributed by atoms with E-state index in [0.29, 0.717) is 5.76 Å². The van der Waals surface area contributed by atoms with Crippen molar-refractivity contribution < 1.29 is 4.42 Å². The number of furan rings is 1. The van der Waals surface area contributed by atoms with E-state index in [1.54, 1.807) is 0 Å². The van der Waals surface area contributed by atoms with Crippen LogP contribution in [-0.4, -0.2) is 0 Å². The average molecular weight is 368 g/mol. The van der Waals surface area contributed by atoms with E-state index in [4.69, 9.17) is 4.42 Å². The molecule has 6 aromatic rings. The lowest BCUT2D eigenvalue weighted by molar-refractivity contribution is 0.604. The van der Waals surface area contributed by atoms with Gasteiger partial charge in [-0.25, -0.2) is 0 Å². The summed E-state index contributed by atoms with van der Waals surface area (Å²) >= 11 is 0. The molecule has 0 unspecified atom stereocenters. The molecular weight excluding hydrogens is 352 g/mol. The van der Waals surface area contributed by atoms with E-state index < -0.39 is 0 Å². The summed E-state index contributed by atoms with van der Waals surface area (Å²) in [6.07, 6.45) is 0.